The van der Waals surface area contributed by atoms with E-state index in [1.54, 1.807) is 6.20 Å². The van der Waals surface area contributed by atoms with E-state index in [4.69, 9.17) is 11.5 Å². The van der Waals surface area contributed by atoms with E-state index in [2.05, 4.69) is 15.3 Å². The fourth-order valence-corrected chi connectivity index (χ4v) is 1.13. The molecule has 1 heterocycles. The van der Waals surface area contributed by atoms with Gasteiger partial charge in [0.1, 0.15) is 5.82 Å². The lowest BCUT2D eigenvalue weighted by atomic mass is 10.3. The highest BCUT2D eigenvalue weighted by atomic mass is 127. The Morgan fingerprint density at radius 2 is 2.12 bits per heavy atom. The molecule has 0 aliphatic carbocycles. The predicted molar refractivity (Wildman–Crippen MR) is 78.1 cm³/mol. The first kappa shape index (κ1) is 14.9. The van der Waals surface area contributed by atoms with Gasteiger partial charge in [0.15, 0.2) is 5.96 Å². The molecule has 0 aliphatic heterocycles. The number of hydrogen-bond donors (Lipinski definition) is 3. The first-order chi connectivity index (χ1) is 7.29. The Kier molecular flexibility index (Phi) is 8.59. The van der Waals surface area contributed by atoms with Crippen molar-refractivity contribution in [3.63, 3.8) is 0 Å². The zero-order valence-electron chi connectivity index (χ0n) is 9.10. The minimum atomic E-state index is 0. The van der Waals surface area contributed by atoms with Crippen LogP contribution in [0.5, 0.6) is 0 Å². The van der Waals surface area contributed by atoms with Crippen LogP contribution in [0.25, 0.3) is 0 Å². The van der Waals surface area contributed by atoms with Crippen molar-refractivity contribution in [1.29, 1.82) is 0 Å². The summed E-state index contributed by atoms with van der Waals surface area (Å²) in [4.78, 5) is 8.04. The van der Waals surface area contributed by atoms with Gasteiger partial charge >= 0.3 is 0 Å². The third-order valence-corrected chi connectivity index (χ3v) is 1.85. The van der Waals surface area contributed by atoms with Crippen molar-refractivity contribution >= 4 is 35.8 Å². The second-order valence-corrected chi connectivity index (χ2v) is 3.16. The number of anilines is 1. The summed E-state index contributed by atoms with van der Waals surface area (Å²) in [6.45, 7) is 1.57. The van der Waals surface area contributed by atoms with Crippen molar-refractivity contribution < 1.29 is 0 Å². The van der Waals surface area contributed by atoms with Gasteiger partial charge in [-0.15, -0.1) is 24.0 Å². The van der Waals surface area contributed by atoms with Crippen LogP contribution in [-0.4, -0.2) is 24.0 Å². The maximum absolute atomic E-state index is 5.20. The van der Waals surface area contributed by atoms with Gasteiger partial charge in [-0.25, -0.2) is 4.98 Å². The summed E-state index contributed by atoms with van der Waals surface area (Å²) in [6, 6.07) is 5.79. The highest BCUT2D eigenvalue weighted by Crippen LogP contribution is 2.00. The molecule has 0 unspecified atom stereocenters. The van der Waals surface area contributed by atoms with Crippen molar-refractivity contribution in [2.45, 2.75) is 12.8 Å². The average Bonchev–Trinajstić information content (AvgIpc) is 2.24. The van der Waals surface area contributed by atoms with Crippen LogP contribution in [0.1, 0.15) is 12.8 Å². The summed E-state index contributed by atoms with van der Waals surface area (Å²) in [5.41, 5.74) is 10.4. The van der Waals surface area contributed by atoms with Gasteiger partial charge in [-0.05, 0) is 25.0 Å². The maximum Gasteiger partial charge on any atom is 0.185 e. The van der Waals surface area contributed by atoms with Gasteiger partial charge in [-0.2, -0.15) is 0 Å². The first-order valence-electron chi connectivity index (χ1n) is 4.99. The number of halogens is 1. The summed E-state index contributed by atoms with van der Waals surface area (Å²) in [5.74, 6) is 1.06. The number of nitrogens with two attached hydrogens (primary N) is 2. The van der Waals surface area contributed by atoms with Crippen LogP contribution in [0.3, 0.4) is 0 Å². The van der Waals surface area contributed by atoms with E-state index in [1.165, 1.54) is 0 Å². The normalized spacial score (nSPS) is 9.00. The monoisotopic (exact) mass is 335 g/mol. The van der Waals surface area contributed by atoms with Gasteiger partial charge in [0.05, 0.1) is 0 Å². The van der Waals surface area contributed by atoms with Crippen molar-refractivity contribution in [3.05, 3.63) is 24.4 Å². The van der Waals surface area contributed by atoms with Crippen molar-refractivity contribution in [2.24, 2.45) is 16.5 Å². The van der Waals surface area contributed by atoms with Gasteiger partial charge in [0.2, 0.25) is 0 Å². The molecule has 0 radical (unpaired) electrons. The molecular weight excluding hydrogens is 317 g/mol. The van der Waals surface area contributed by atoms with Crippen LogP contribution in [0.2, 0.25) is 0 Å². The molecule has 0 bridgehead atoms. The second-order valence-electron chi connectivity index (χ2n) is 3.16. The summed E-state index contributed by atoms with van der Waals surface area (Å²) in [5, 5.41) is 3.21. The SMILES string of the molecule is I.NC(N)=NCCCCNc1ccccn1. The fourth-order valence-electron chi connectivity index (χ4n) is 1.13. The summed E-state index contributed by atoms with van der Waals surface area (Å²) < 4.78 is 0. The molecule has 90 valence electrons. The third-order valence-electron chi connectivity index (χ3n) is 1.85. The predicted octanol–water partition coefficient (Wildman–Crippen LogP) is 1.17. The molecule has 0 saturated heterocycles. The van der Waals surface area contributed by atoms with Crippen molar-refractivity contribution in [3.8, 4) is 0 Å². The molecule has 5 N–H and O–H groups in total. The van der Waals surface area contributed by atoms with Crippen molar-refractivity contribution in [1.82, 2.24) is 4.98 Å². The Labute approximate surface area is 113 Å². The standard InChI is InChI=1S/C10H17N5.HI/c11-10(12)15-8-4-3-7-14-9-5-1-2-6-13-9;/h1-2,5-6H,3-4,7-8H2,(H,13,14)(H4,11,12,15);1H. The van der Waals surface area contributed by atoms with E-state index in [9.17, 15) is 0 Å². The maximum atomic E-state index is 5.20. The van der Waals surface area contributed by atoms with Gasteiger partial charge in [0.25, 0.3) is 0 Å². The number of rotatable bonds is 6. The summed E-state index contributed by atoms with van der Waals surface area (Å²) >= 11 is 0. The smallest absolute Gasteiger partial charge is 0.185 e. The minimum Gasteiger partial charge on any atom is -0.370 e. The van der Waals surface area contributed by atoms with Crippen LogP contribution in [0, 0.1) is 0 Å². The first-order valence-corrected chi connectivity index (χ1v) is 4.99. The number of nitrogens with zero attached hydrogens (tertiary/aromatic N) is 2. The second kappa shape index (κ2) is 9.20. The number of nitrogens with one attached hydrogen (secondary N) is 1. The van der Waals surface area contributed by atoms with E-state index in [1.807, 2.05) is 18.2 Å². The molecule has 0 saturated carbocycles. The Balaban J connectivity index is 0.00000225. The summed E-state index contributed by atoms with van der Waals surface area (Å²) in [6.07, 6.45) is 3.76. The lowest BCUT2D eigenvalue weighted by Crippen LogP contribution is -2.23. The molecule has 0 fully saturated rings. The number of guanidine groups is 1. The Hall–Kier alpha value is -1.05. The zero-order valence-corrected chi connectivity index (χ0v) is 11.4. The molecule has 0 amide bonds. The molecule has 6 heteroatoms. The third kappa shape index (κ3) is 7.27. The Morgan fingerprint density at radius 3 is 2.75 bits per heavy atom. The highest BCUT2D eigenvalue weighted by molar-refractivity contribution is 14.0. The molecule has 1 rings (SSSR count). The van der Waals surface area contributed by atoms with Crippen LogP contribution in [0.4, 0.5) is 5.82 Å². The van der Waals surface area contributed by atoms with E-state index in [0.29, 0.717) is 6.54 Å². The fraction of sp³-hybridized carbons (Fsp3) is 0.400. The zero-order chi connectivity index (χ0) is 10.9. The Morgan fingerprint density at radius 1 is 1.31 bits per heavy atom. The Bertz CT molecular complexity index is 297. The van der Waals surface area contributed by atoms with Crippen LogP contribution < -0.4 is 16.8 Å². The van der Waals surface area contributed by atoms with E-state index < -0.39 is 0 Å². The molecule has 5 nitrogen and oxygen atoms in total. The molecule has 0 aromatic carbocycles. The van der Waals surface area contributed by atoms with E-state index >= 15 is 0 Å². The van der Waals surface area contributed by atoms with Crippen LogP contribution >= 0.6 is 24.0 Å². The topological polar surface area (TPSA) is 89.3 Å². The van der Waals surface area contributed by atoms with Gasteiger partial charge in [0, 0.05) is 19.3 Å². The number of pyridine rings is 1. The van der Waals surface area contributed by atoms with Crippen molar-refractivity contribution in [2.75, 3.05) is 18.4 Å². The molecular formula is C10H18IN5. The summed E-state index contributed by atoms with van der Waals surface area (Å²) in [7, 11) is 0. The van der Waals surface area contributed by atoms with E-state index in [0.717, 1.165) is 25.2 Å². The largest absolute Gasteiger partial charge is 0.370 e. The van der Waals surface area contributed by atoms with Gasteiger partial charge in [-0.1, -0.05) is 6.07 Å². The van der Waals surface area contributed by atoms with Gasteiger partial charge in [-0.3, -0.25) is 4.99 Å². The van der Waals surface area contributed by atoms with Crippen LogP contribution in [-0.2, 0) is 0 Å². The van der Waals surface area contributed by atoms with Crippen LogP contribution in [0.15, 0.2) is 29.4 Å². The molecule has 0 aliphatic rings. The number of unbranched alkanes of at least 4 members (excludes halogenated alkanes) is 1. The quantitative estimate of drug-likeness (QED) is 0.315. The molecule has 16 heavy (non-hydrogen) atoms. The van der Waals surface area contributed by atoms with Gasteiger partial charge < -0.3 is 16.8 Å². The number of aromatic nitrogens is 1. The molecule has 0 spiro atoms. The number of aliphatic imine (C=N–C) groups is 1. The molecule has 0 atom stereocenters. The lowest BCUT2D eigenvalue weighted by Gasteiger charge is -2.03. The molecule has 1 aromatic heterocycles. The highest BCUT2D eigenvalue weighted by Gasteiger charge is 1.91. The minimum absolute atomic E-state index is 0. The van der Waals surface area contributed by atoms with E-state index in [-0.39, 0.29) is 29.9 Å². The average molecular weight is 335 g/mol. The molecule has 1 aromatic rings. The number of hydrogen-bond acceptors (Lipinski definition) is 3. The lowest BCUT2D eigenvalue weighted by molar-refractivity contribution is 0.772.